The molecule has 3 nitrogen and oxygen atoms in total. The minimum atomic E-state index is -0.101. The average molecular weight is 316 g/mol. The van der Waals surface area contributed by atoms with E-state index in [4.69, 9.17) is 0 Å². The van der Waals surface area contributed by atoms with Crippen molar-refractivity contribution in [2.45, 2.75) is 19.9 Å². The molecule has 0 saturated carbocycles. The molecule has 1 N–H and O–H groups in total. The molecule has 0 fully saturated rings. The largest absolute Gasteiger partial charge is 0.345 e. The molecule has 0 bridgehead atoms. The first kappa shape index (κ1) is 15.9. The number of aromatic nitrogens is 1. The van der Waals surface area contributed by atoms with E-state index in [0.29, 0.717) is 5.56 Å². The summed E-state index contributed by atoms with van der Waals surface area (Å²) in [6.45, 7) is 3.85. The highest BCUT2D eigenvalue weighted by Gasteiger charge is 2.14. The molecule has 1 unspecified atom stereocenters. The summed E-state index contributed by atoms with van der Waals surface area (Å²) in [5.41, 5.74) is 4.34. The molecule has 3 heteroatoms. The monoisotopic (exact) mass is 316 g/mol. The second-order valence-electron chi connectivity index (χ2n) is 5.80. The van der Waals surface area contributed by atoms with Crippen LogP contribution in [0.1, 0.15) is 34.6 Å². The molecule has 3 aromatic rings. The maximum Gasteiger partial charge on any atom is 0.253 e. The summed E-state index contributed by atoms with van der Waals surface area (Å²) in [7, 11) is 0. The Balaban J connectivity index is 1.78. The zero-order valence-corrected chi connectivity index (χ0v) is 13.9. The Morgan fingerprint density at radius 1 is 0.917 bits per heavy atom. The molecule has 1 amide bonds. The predicted octanol–water partition coefficient (Wildman–Crippen LogP) is 4.55. The molecule has 0 radical (unpaired) electrons. The van der Waals surface area contributed by atoms with Crippen molar-refractivity contribution in [2.24, 2.45) is 0 Å². The fraction of sp³-hybridized carbons (Fsp3) is 0.143. The van der Waals surface area contributed by atoms with Crippen LogP contribution in [0.2, 0.25) is 0 Å². The molecule has 3 rings (SSSR count). The lowest BCUT2D eigenvalue weighted by Gasteiger charge is -2.15. The zero-order valence-electron chi connectivity index (χ0n) is 13.9. The van der Waals surface area contributed by atoms with Crippen molar-refractivity contribution in [3.8, 4) is 11.3 Å². The third kappa shape index (κ3) is 3.51. The van der Waals surface area contributed by atoms with E-state index in [2.05, 4.69) is 10.3 Å². The van der Waals surface area contributed by atoms with Gasteiger partial charge in [0, 0.05) is 5.56 Å². The van der Waals surface area contributed by atoms with Crippen LogP contribution >= 0.6 is 0 Å². The maximum atomic E-state index is 12.5. The molecule has 0 aliphatic heterocycles. The third-order valence-electron chi connectivity index (χ3n) is 4.05. The summed E-state index contributed by atoms with van der Waals surface area (Å²) in [6.07, 6.45) is 0. The molecule has 0 aliphatic carbocycles. The van der Waals surface area contributed by atoms with Gasteiger partial charge in [0.05, 0.1) is 23.0 Å². The first-order valence-electron chi connectivity index (χ1n) is 8.04. The second-order valence-corrected chi connectivity index (χ2v) is 5.80. The van der Waals surface area contributed by atoms with Crippen molar-refractivity contribution < 1.29 is 4.79 Å². The molecule has 0 spiro atoms. The van der Waals surface area contributed by atoms with Gasteiger partial charge in [0.25, 0.3) is 5.91 Å². The summed E-state index contributed by atoms with van der Waals surface area (Å²) in [6, 6.07) is 23.6. The van der Waals surface area contributed by atoms with Gasteiger partial charge in [-0.05, 0) is 31.5 Å². The van der Waals surface area contributed by atoms with Crippen molar-refractivity contribution in [1.29, 1.82) is 0 Å². The van der Waals surface area contributed by atoms with Crippen molar-refractivity contribution >= 4 is 5.91 Å². The highest BCUT2D eigenvalue weighted by atomic mass is 16.1. The van der Waals surface area contributed by atoms with E-state index in [1.165, 1.54) is 0 Å². The fourth-order valence-electron chi connectivity index (χ4n) is 2.67. The van der Waals surface area contributed by atoms with Gasteiger partial charge in [-0.25, -0.2) is 0 Å². The SMILES string of the molecule is Cc1nc(-c2ccccc2)ccc1C(=O)NC(C)c1ccccc1. The topological polar surface area (TPSA) is 42.0 Å². The van der Waals surface area contributed by atoms with Crippen LogP contribution in [0.4, 0.5) is 0 Å². The number of nitrogens with zero attached hydrogens (tertiary/aromatic N) is 1. The van der Waals surface area contributed by atoms with Crippen molar-refractivity contribution in [1.82, 2.24) is 10.3 Å². The van der Waals surface area contributed by atoms with Gasteiger partial charge in [-0.15, -0.1) is 0 Å². The molecule has 1 atom stereocenters. The van der Waals surface area contributed by atoms with E-state index in [1.54, 1.807) is 0 Å². The normalized spacial score (nSPS) is 11.8. The van der Waals surface area contributed by atoms with Crippen LogP contribution in [-0.4, -0.2) is 10.9 Å². The van der Waals surface area contributed by atoms with Gasteiger partial charge >= 0.3 is 0 Å². The second kappa shape index (κ2) is 7.09. The predicted molar refractivity (Wildman–Crippen MR) is 96.7 cm³/mol. The lowest BCUT2D eigenvalue weighted by Crippen LogP contribution is -2.27. The number of carbonyl (C=O) groups is 1. The molecule has 24 heavy (non-hydrogen) atoms. The quantitative estimate of drug-likeness (QED) is 0.767. The Morgan fingerprint density at radius 3 is 2.17 bits per heavy atom. The van der Waals surface area contributed by atoms with Gasteiger partial charge in [0.1, 0.15) is 0 Å². The van der Waals surface area contributed by atoms with E-state index in [0.717, 1.165) is 22.5 Å². The highest BCUT2D eigenvalue weighted by molar-refractivity contribution is 5.95. The summed E-state index contributed by atoms with van der Waals surface area (Å²) < 4.78 is 0. The van der Waals surface area contributed by atoms with Gasteiger partial charge in [-0.1, -0.05) is 60.7 Å². The molecule has 1 heterocycles. The van der Waals surface area contributed by atoms with Crippen LogP contribution in [0.3, 0.4) is 0 Å². The molecule has 0 saturated heterocycles. The van der Waals surface area contributed by atoms with Crippen LogP contribution in [0.25, 0.3) is 11.3 Å². The summed E-state index contributed by atoms with van der Waals surface area (Å²) in [5.74, 6) is -0.101. The average Bonchev–Trinajstić information content (AvgIpc) is 2.63. The first-order valence-corrected chi connectivity index (χ1v) is 8.04. The molecule has 120 valence electrons. The Kier molecular flexibility index (Phi) is 4.71. The minimum Gasteiger partial charge on any atom is -0.345 e. The fourth-order valence-corrected chi connectivity index (χ4v) is 2.67. The van der Waals surface area contributed by atoms with Crippen molar-refractivity contribution in [3.05, 3.63) is 89.6 Å². The molecule has 1 aromatic heterocycles. The zero-order chi connectivity index (χ0) is 16.9. The smallest absolute Gasteiger partial charge is 0.253 e. The lowest BCUT2D eigenvalue weighted by molar-refractivity contribution is 0.0939. The lowest BCUT2D eigenvalue weighted by atomic mass is 10.1. The van der Waals surface area contributed by atoms with Crippen LogP contribution in [0.15, 0.2) is 72.8 Å². The van der Waals surface area contributed by atoms with Gasteiger partial charge in [0.2, 0.25) is 0 Å². The Labute approximate surface area is 142 Å². The van der Waals surface area contributed by atoms with Crippen molar-refractivity contribution in [2.75, 3.05) is 0 Å². The third-order valence-corrected chi connectivity index (χ3v) is 4.05. The van der Waals surface area contributed by atoms with E-state index < -0.39 is 0 Å². The van der Waals surface area contributed by atoms with Gasteiger partial charge in [0.15, 0.2) is 0 Å². The van der Waals surface area contributed by atoms with Gasteiger partial charge in [-0.3, -0.25) is 9.78 Å². The summed E-state index contributed by atoms with van der Waals surface area (Å²) in [5, 5.41) is 3.03. The van der Waals surface area contributed by atoms with Crippen LogP contribution < -0.4 is 5.32 Å². The number of aryl methyl sites for hydroxylation is 1. The van der Waals surface area contributed by atoms with Crippen LogP contribution in [-0.2, 0) is 0 Å². The number of hydrogen-bond acceptors (Lipinski definition) is 2. The first-order chi connectivity index (χ1) is 11.6. The van der Waals surface area contributed by atoms with Crippen molar-refractivity contribution in [3.63, 3.8) is 0 Å². The summed E-state index contributed by atoms with van der Waals surface area (Å²) in [4.78, 5) is 17.1. The molecule has 2 aromatic carbocycles. The van der Waals surface area contributed by atoms with Crippen LogP contribution in [0, 0.1) is 6.92 Å². The Morgan fingerprint density at radius 2 is 1.54 bits per heavy atom. The number of rotatable bonds is 4. The Hall–Kier alpha value is -2.94. The Bertz CT molecular complexity index is 829. The number of hydrogen-bond donors (Lipinski definition) is 1. The van der Waals surface area contributed by atoms with Gasteiger partial charge < -0.3 is 5.32 Å². The molecular formula is C21H20N2O. The highest BCUT2D eigenvalue weighted by Crippen LogP contribution is 2.19. The number of carbonyl (C=O) groups excluding carboxylic acids is 1. The number of nitrogens with one attached hydrogen (secondary N) is 1. The maximum absolute atomic E-state index is 12.5. The number of benzene rings is 2. The number of pyridine rings is 1. The van der Waals surface area contributed by atoms with E-state index in [1.807, 2.05) is 86.6 Å². The number of amides is 1. The van der Waals surface area contributed by atoms with Gasteiger partial charge in [-0.2, -0.15) is 0 Å². The van der Waals surface area contributed by atoms with Crippen LogP contribution in [0.5, 0.6) is 0 Å². The van der Waals surface area contributed by atoms with E-state index in [-0.39, 0.29) is 11.9 Å². The summed E-state index contributed by atoms with van der Waals surface area (Å²) >= 11 is 0. The van der Waals surface area contributed by atoms with E-state index in [9.17, 15) is 4.79 Å². The molecule has 0 aliphatic rings. The molecular weight excluding hydrogens is 296 g/mol. The minimum absolute atomic E-state index is 0.0492. The standard InChI is InChI=1S/C21H20N2O/c1-15(17-9-5-3-6-10-17)23-21(24)19-13-14-20(22-16(19)2)18-11-7-4-8-12-18/h3-15H,1-2H3,(H,23,24). The van der Waals surface area contributed by atoms with E-state index >= 15 is 0 Å².